The van der Waals surface area contributed by atoms with Crippen LogP contribution < -0.4 is 20.1 Å². The molecule has 0 atom stereocenters. The number of carbonyl (C=O) groups excluding carboxylic acids is 1. The molecule has 2 N–H and O–H groups in total. The molecule has 0 aliphatic heterocycles. The molecule has 19 heavy (non-hydrogen) atoms. The molecule has 8 nitrogen and oxygen atoms in total. The van der Waals surface area contributed by atoms with E-state index in [-0.39, 0.29) is 17.7 Å². The lowest BCUT2D eigenvalue weighted by Crippen LogP contribution is -2.34. The van der Waals surface area contributed by atoms with Crippen molar-refractivity contribution >= 4 is 29.2 Å². The van der Waals surface area contributed by atoms with E-state index in [1.165, 1.54) is 20.3 Å². The van der Waals surface area contributed by atoms with Crippen molar-refractivity contribution in [1.29, 1.82) is 0 Å². The molecular formula is C10H14N4O4S. The number of aromatic nitrogens is 2. The van der Waals surface area contributed by atoms with E-state index in [4.69, 9.17) is 21.7 Å². The molecule has 1 heterocycles. The number of amides is 1. The Hall–Kier alpha value is -2.16. The van der Waals surface area contributed by atoms with Crippen molar-refractivity contribution in [2.24, 2.45) is 0 Å². The quantitative estimate of drug-likeness (QED) is 0.790. The van der Waals surface area contributed by atoms with Gasteiger partial charge in [0.25, 0.3) is 0 Å². The van der Waals surface area contributed by atoms with Gasteiger partial charge in [-0.2, -0.15) is 9.97 Å². The molecule has 1 amide bonds. The highest BCUT2D eigenvalue weighted by Gasteiger charge is 2.09. The van der Waals surface area contributed by atoms with Gasteiger partial charge in [0.05, 0.1) is 20.8 Å². The fraction of sp³-hybridized carbons (Fsp3) is 0.400. The number of nitrogens with zero attached hydrogens (tertiary/aromatic N) is 2. The first-order valence-corrected chi connectivity index (χ1v) is 5.71. The summed E-state index contributed by atoms with van der Waals surface area (Å²) >= 11 is 4.92. The highest BCUT2D eigenvalue weighted by atomic mass is 32.1. The first-order chi connectivity index (χ1) is 9.08. The molecule has 9 heteroatoms. The number of nitrogens with one attached hydrogen (secondary N) is 2. The molecule has 0 spiro atoms. The van der Waals surface area contributed by atoms with Gasteiger partial charge in [-0.1, -0.05) is 0 Å². The topological polar surface area (TPSA) is 94.6 Å². The Labute approximate surface area is 115 Å². The maximum atomic E-state index is 11.1. The van der Waals surface area contributed by atoms with E-state index in [9.17, 15) is 4.79 Å². The zero-order chi connectivity index (χ0) is 14.3. The van der Waals surface area contributed by atoms with E-state index in [0.717, 1.165) is 0 Å². The summed E-state index contributed by atoms with van der Waals surface area (Å²) < 4.78 is 14.6. The molecule has 1 aromatic rings. The number of hydrogen-bond acceptors (Lipinski definition) is 7. The highest BCUT2D eigenvalue weighted by molar-refractivity contribution is 7.80. The molecule has 104 valence electrons. The van der Waals surface area contributed by atoms with Crippen LogP contribution in [0.2, 0.25) is 0 Å². The molecule has 0 aliphatic rings. The maximum Gasteiger partial charge on any atom is 0.413 e. The van der Waals surface area contributed by atoms with Crippen LogP contribution in [0.3, 0.4) is 0 Å². The second-order valence-electron chi connectivity index (χ2n) is 3.08. The Bertz CT molecular complexity index is 447. The minimum absolute atomic E-state index is 0.0428. The third-order valence-corrected chi connectivity index (χ3v) is 2.01. The van der Waals surface area contributed by atoms with Crippen LogP contribution in [0.15, 0.2) is 6.07 Å². The van der Waals surface area contributed by atoms with E-state index in [1.54, 1.807) is 6.92 Å². The largest absolute Gasteiger partial charge is 0.481 e. The van der Waals surface area contributed by atoms with E-state index in [1.807, 2.05) is 0 Å². The minimum atomic E-state index is -0.645. The van der Waals surface area contributed by atoms with Crippen molar-refractivity contribution in [3.8, 4) is 11.9 Å². The number of methoxy groups -OCH3 is 2. The monoisotopic (exact) mass is 286 g/mol. The lowest BCUT2D eigenvalue weighted by atomic mass is 10.5. The Morgan fingerprint density at radius 2 is 2.11 bits per heavy atom. The van der Waals surface area contributed by atoms with Gasteiger partial charge in [-0.3, -0.25) is 5.32 Å². The summed E-state index contributed by atoms with van der Waals surface area (Å²) in [6.45, 7) is 1.94. The van der Waals surface area contributed by atoms with Gasteiger partial charge in [0.2, 0.25) is 5.88 Å². The van der Waals surface area contributed by atoms with Crippen molar-refractivity contribution < 1.29 is 19.0 Å². The maximum absolute atomic E-state index is 11.1. The number of thiocarbonyl (C=S) groups is 1. The zero-order valence-electron chi connectivity index (χ0n) is 10.7. The van der Waals surface area contributed by atoms with E-state index >= 15 is 0 Å². The molecule has 1 aromatic heterocycles. The predicted molar refractivity (Wildman–Crippen MR) is 71.5 cm³/mol. The summed E-state index contributed by atoms with van der Waals surface area (Å²) in [5, 5.41) is 5.05. The molecular weight excluding hydrogens is 272 g/mol. The Morgan fingerprint density at radius 3 is 2.68 bits per heavy atom. The fourth-order valence-electron chi connectivity index (χ4n) is 1.07. The summed E-state index contributed by atoms with van der Waals surface area (Å²) in [6.07, 6.45) is -0.645. The van der Waals surface area contributed by atoms with E-state index < -0.39 is 6.09 Å². The van der Waals surface area contributed by atoms with Crippen molar-refractivity contribution in [1.82, 2.24) is 15.3 Å². The van der Waals surface area contributed by atoms with Gasteiger partial charge in [-0.15, -0.1) is 0 Å². The minimum Gasteiger partial charge on any atom is -0.481 e. The lowest BCUT2D eigenvalue weighted by molar-refractivity contribution is 0.158. The van der Waals surface area contributed by atoms with Crippen molar-refractivity contribution in [2.75, 3.05) is 26.1 Å². The van der Waals surface area contributed by atoms with Gasteiger partial charge in [-0.05, 0) is 19.1 Å². The highest BCUT2D eigenvalue weighted by Crippen LogP contribution is 2.16. The molecule has 0 fully saturated rings. The molecule has 0 aliphatic carbocycles. The first kappa shape index (κ1) is 14.9. The number of ether oxygens (including phenoxy) is 3. The van der Waals surface area contributed by atoms with Crippen LogP contribution in [-0.4, -0.2) is 42.0 Å². The molecule has 1 rings (SSSR count). The van der Waals surface area contributed by atoms with Crippen LogP contribution in [0.25, 0.3) is 0 Å². The molecule has 0 saturated carbocycles. The number of alkyl carbamates (subject to hydrolysis) is 1. The summed E-state index contributed by atoms with van der Waals surface area (Å²) in [5.41, 5.74) is 0. The van der Waals surface area contributed by atoms with Gasteiger partial charge in [0, 0.05) is 6.07 Å². The lowest BCUT2D eigenvalue weighted by Gasteiger charge is -2.10. The summed E-state index contributed by atoms with van der Waals surface area (Å²) in [5.74, 6) is 0.624. The van der Waals surface area contributed by atoms with Gasteiger partial charge >= 0.3 is 12.1 Å². The molecule has 0 saturated heterocycles. The summed E-state index contributed by atoms with van der Waals surface area (Å²) in [7, 11) is 2.88. The first-order valence-electron chi connectivity index (χ1n) is 5.30. The average Bonchev–Trinajstić information content (AvgIpc) is 2.38. The fourth-order valence-corrected chi connectivity index (χ4v) is 1.26. The normalized spacial score (nSPS) is 9.42. The number of rotatable bonds is 4. The van der Waals surface area contributed by atoms with Crippen molar-refractivity contribution in [3.05, 3.63) is 6.07 Å². The summed E-state index contributed by atoms with van der Waals surface area (Å²) in [6, 6.07) is 1.61. The van der Waals surface area contributed by atoms with Crippen LogP contribution in [-0.2, 0) is 4.74 Å². The number of hydrogen-bond donors (Lipinski definition) is 2. The SMILES string of the molecule is CCOC(=O)NC(=S)Nc1cc(OC)nc(OC)n1. The second-order valence-corrected chi connectivity index (χ2v) is 3.49. The second kappa shape index (κ2) is 7.31. The summed E-state index contributed by atoms with van der Waals surface area (Å²) in [4.78, 5) is 19.1. The average molecular weight is 286 g/mol. The van der Waals surface area contributed by atoms with Crippen LogP contribution in [0.1, 0.15) is 6.92 Å². The van der Waals surface area contributed by atoms with Crippen LogP contribution in [0, 0.1) is 0 Å². The smallest absolute Gasteiger partial charge is 0.413 e. The van der Waals surface area contributed by atoms with Crippen LogP contribution in [0.4, 0.5) is 10.6 Å². The third-order valence-electron chi connectivity index (χ3n) is 1.81. The zero-order valence-corrected chi connectivity index (χ0v) is 11.5. The molecule has 0 bridgehead atoms. The van der Waals surface area contributed by atoms with Crippen molar-refractivity contribution in [3.63, 3.8) is 0 Å². The van der Waals surface area contributed by atoms with Gasteiger partial charge in [0.1, 0.15) is 5.82 Å². The Kier molecular flexibility index (Phi) is 5.73. The van der Waals surface area contributed by atoms with E-state index in [2.05, 4.69) is 25.3 Å². The van der Waals surface area contributed by atoms with Crippen LogP contribution >= 0.6 is 12.2 Å². The van der Waals surface area contributed by atoms with Gasteiger partial charge < -0.3 is 19.5 Å². The molecule has 0 aromatic carbocycles. The third kappa shape index (κ3) is 4.92. The number of anilines is 1. The van der Waals surface area contributed by atoms with Crippen LogP contribution in [0.5, 0.6) is 11.9 Å². The van der Waals surface area contributed by atoms with Gasteiger partial charge in [-0.25, -0.2) is 4.79 Å². The Morgan fingerprint density at radius 1 is 1.37 bits per heavy atom. The van der Waals surface area contributed by atoms with E-state index in [0.29, 0.717) is 11.7 Å². The van der Waals surface area contributed by atoms with Crippen molar-refractivity contribution in [2.45, 2.75) is 6.92 Å². The number of carbonyl (C=O) groups is 1. The van der Waals surface area contributed by atoms with Gasteiger partial charge in [0.15, 0.2) is 5.11 Å². The standard InChI is InChI=1S/C10H14N4O4S/c1-4-18-10(15)14-9(19)12-6-5-7(16-2)13-8(11-6)17-3/h5H,4H2,1-3H3,(H2,11,12,13,14,15,19). The molecule has 0 unspecified atom stereocenters. The predicted octanol–water partition coefficient (Wildman–Crippen LogP) is 0.937. The molecule has 0 radical (unpaired) electrons. The Balaban J connectivity index is 2.70.